The highest BCUT2D eigenvalue weighted by Crippen LogP contribution is 2.47. The van der Waals surface area contributed by atoms with Gasteiger partial charge in [-0.2, -0.15) is 0 Å². The summed E-state index contributed by atoms with van der Waals surface area (Å²) in [5, 5.41) is 0.191. The van der Waals surface area contributed by atoms with Crippen LogP contribution >= 0.6 is 0 Å². The van der Waals surface area contributed by atoms with Crippen LogP contribution in [0, 0.1) is 11.3 Å². The second-order valence-electron chi connectivity index (χ2n) is 8.74. The van der Waals surface area contributed by atoms with Gasteiger partial charge in [0.1, 0.15) is 0 Å². The Hall–Kier alpha value is -0.893. The number of allylic oxidation sites excluding steroid dienone is 1. The van der Waals surface area contributed by atoms with Crippen molar-refractivity contribution in [2.45, 2.75) is 71.7 Å². The van der Waals surface area contributed by atoms with Gasteiger partial charge in [0, 0.05) is 18.1 Å². The molecule has 0 aromatic carbocycles. The molecule has 1 aliphatic rings. The van der Waals surface area contributed by atoms with Gasteiger partial charge in [-0.05, 0) is 36.4 Å². The van der Waals surface area contributed by atoms with Gasteiger partial charge in [0.2, 0.25) is 0 Å². The van der Waals surface area contributed by atoms with Gasteiger partial charge in [-0.15, -0.1) is 5.73 Å². The molecular formula is C19H32O2Si. The van der Waals surface area contributed by atoms with Crippen molar-refractivity contribution in [1.29, 1.82) is 0 Å². The number of ketones is 1. The van der Waals surface area contributed by atoms with E-state index in [1.54, 1.807) is 0 Å². The molecule has 2 atom stereocenters. The Labute approximate surface area is 137 Å². The predicted octanol–water partition coefficient (Wildman–Crippen LogP) is 5.28. The topological polar surface area (TPSA) is 26.3 Å². The quantitative estimate of drug-likeness (QED) is 0.305. The summed E-state index contributed by atoms with van der Waals surface area (Å²) in [6.45, 7) is 23.3. The number of hydrogen-bond donors (Lipinski definition) is 0. The third-order valence-corrected chi connectivity index (χ3v) is 9.76. The van der Waals surface area contributed by atoms with E-state index in [2.05, 4.69) is 66.6 Å². The summed E-state index contributed by atoms with van der Waals surface area (Å²) in [6, 6.07) is 0. The molecule has 1 fully saturated rings. The van der Waals surface area contributed by atoms with Crippen molar-refractivity contribution in [3.63, 3.8) is 0 Å². The molecule has 1 saturated carbocycles. The molecule has 0 radical (unpaired) electrons. The van der Waals surface area contributed by atoms with Crippen molar-refractivity contribution in [2.24, 2.45) is 11.3 Å². The van der Waals surface area contributed by atoms with Crippen molar-refractivity contribution in [1.82, 2.24) is 0 Å². The highest BCUT2D eigenvalue weighted by molar-refractivity contribution is 6.74. The summed E-state index contributed by atoms with van der Waals surface area (Å²) < 4.78 is 6.57. The summed E-state index contributed by atoms with van der Waals surface area (Å²) >= 11 is 0. The van der Waals surface area contributed by atoms with E-state index in [1.165, 1.54) is 6.08 Å². The number of carbonyl (C=O) groups is 1. The van der Waals surface area contributed by atoms with Crippen molar-refractivity contribution in [3.05, 3.63) is 30.5 Å². The first-order chi connectivity index (χ1) is 9.82. The molecule has 0 heterocycles. The van der Waals surface area contributed by atoms with Gasteiger partial charge >= 0.3 is 0 Å². The van der Waals surface area contributed by atoms with Crippen LogP contribution in [0.4, 0.5) is 0 Å². The van der Waals surface area contributed by atoms with Gasteiger partial charge in [0.15, 0.2) is 14.1 Å². The van der Waals surface area contributed by atoms with Gasteiger partial charge < -0.3 is 4.43 Å². The van der Waals surface area contributed by atoms with Crippen molar-refractivity contribution in [2.75, 3.05) is 0 Å². The Balaban J connectivity index is 2.95. The fourth-order valence-electron chi connectivity index (χ4n) is 3.19. The molecule has 1 rings (SSSR count). The van der Waals surface area contributed by atoms with Crippen LogP contribution in [0.2, 0.25) is 18.1 Å². The molecule has 0 bridgehead atoms. The average Bonchev–Trinajstić information content (AvgIpc) is 2.23. The van der Waals surface area contributed by atoms with Gasteiger partial charge in [-0.3, -0.25) is 4.79 Å². The maximum absolute atomic E-state index is 12.3. The van der Waals surface area contributed by atoms with E-state index in [9.17, 15) is 4.79 Å². The van der Waals surface area contributed by atoms with E-state index in [1.807, 2.05) is 0 Å². The molecule has 22 heavy (non-hydrogen) atoms. The lowest BCUT2D eigenvalue weighted by molar-refractivity contribution is -0.121. The van der Waals surface area contributed by atoms with Crippen LogP contribution in [0.15, 0.2) is 30.5 Å². The minimum absolute atomic E-state index is 0.0655. The second kappa shape index (κ2) is 6.31. The third-order valence-electron chi connectivity index (χ3n) is 5.23. The molecule has 3 heteroatoms. The summed E-state index contributed by atoms with van der Waals surface area (Å²) in [6.07, 6.45) is 3.28. The summed E-state index contributed by atoms with van der Waals surface area (Å²) in [5.41, 5.74) is 3.44. The van der Waals surface area contributed by atoms with Crippen LogP contribution < -0.4 is 0 Å². The Kier molecular flexibility index (Phi) is 5.49. The monoisotopic (exact) mass is 320 g/mol. The number of hydrogen-bond acceptors (Lipinski definition) is 2. The lowest BCUT2D eigenvalue weighted by atomic mass is 9.64. The summed E-state index contributed by atoms with van der Waals surface area (Å²) in [4.78, 5) is 12.3. The average molecular weight is 321 g/mol. The first kappa shape index (κ1) is 19.2. The molecule has 0 spiro atoms. The SMILES string of the molecule is C=C=CC(=O)C1C(=C)CC(O[Si](C)(C)C(C)(C)C)CC1(C)C. The van der Waals surface area contributed by atoms with Crippen molar-refractivity contribution < 1.29 is 9.22 Å². The molecule has 0 aliphatic heterocycles. The van der Waals surface area contributed by atoms with Crippen LogP contribution in [0.5, 0.6) is 0 Å². The Bertz CT molecular complexity index is 502. The highest BCUT2D eigenvalue weighted by Gasteiger charge is 2.46. The normalized spacial score (nSPS) is 25.5. The number of rotatable bonds is 4. The molecule has 1 aliphatic carbocycles. The van der Waals surface area contributed by atoms with Gasteiger partial charge in [0.05, 0.1) is 0 Å². The Morgan fingerprint density at radius 1 is 1.41 bits per heavy atom. The second-order valence-corrected chi connectivity index (χ2v) is 13.5. The Morgan fingerprint density at radius 2 is 1.95 bits per heavy atom. The lowest BCUT2D eigenvalue weighted by Crippen LogP contribution is -2.48. The highest BCUT2D eigenvalue weighted by atomic mass is 28.4. The van der Waals surface area contributed by atoms with Crippen LogP contribution in [0.25, 0.3) is 0 Å². The first-order valence-corrected chi connectivity index (χ1v) is 11.0. The molecule has 0 saturated heterocycles. The molecule has 0 aromatic heterocycles. The number of carbonyl (C=O) groups excluding carboxylic acids is 1. The van der Waals surface area contributed by atoms with E-state index in [0.717, 1.165) is 18.4 Å². The predicted molar refractivity (Wildman–Crippen MR) is 96.4 cm³/mol. The maximum atomic E-state index is 12.3. The molecule has 0 N–H and O–H groups in total. The summed E-state index contributed by atoms with van der Waals surface area (Å²) in [5.74, 6) is -0.0863. The molecular weight excluding hydrogens is 288 g/mol. The van der Waals surface area contributed by atoms with Gasteiger partial charge in [0.25, 0.3) is 0 Å². The third kappa shape index (κ3) is 4.10. The molecule has 2 unspecified atom stereocenters. The zero-order valence-corrected chi connectivity index (χ0v) is 16.4. The maximum Gasteiger partial charge on any atom is 0.192 e. The van der Waals surface area contributed by atoms with Crippen LogP contribution in [0.3, 0.4) is 0 Å². The largest absolute Gasteiger partial charge is 0.414 e. The lowest BCUT2D eigenvalue weighted by Gasteiger charge is -2.46. The van der Waals surface area contributed by atoms with E-state index >= 15 is 0 Å². The Morgan fingerprint density at radius 3 is 2.36 bits per heavy atom. The van der Waals surface area contributed by atoms with Crippen molar-refractivity contribution in [3.8, 4) is 0 Å². The fraction of sp³-hybridized carbons (Fsp3) is 0.684. The smallest absolute Gasteiger partial charge is 0.192 e. The standard InChI is InChI=1S/C19H32O2Si/c1-10-11-16(20)17-14(2)12-15(13-19(17,6)7)21-22(8,9)18(3,4)5/h11,15,17H,1-2,12-13H2,3-9H3. The van der Waals surface area contributed by atoms with Crippen LogP contribution in [-0.4, -0.2) is 20.2 Å². The van der Waals surface area contributed by atoms with Gasteiger partial charge in [-0.1, -0.05) is 53.3 Å². The first-order valence-electron chi connectivity index (χ1n) is 8.07. The van der Waals surface area contributed by atoms with Crippen molar-refractivity contribution >= 4 is 14.1 Å². The van der Waals surface area contributed by atoms with E-state index in [-0.39, 0.29) is 28.3 Å². The van der Waals surface area contributed by atoms with Crippen LogP contribution in [-0.2, 0) is 9.22 Å². The minimum atomic E-state index is -1.81. The minimum Gasteiger partial charge on any atom is -0.414 e. The van der Waals surface area contributed by atoms with E-state index in [4.69, 9.17) is 4.43 Å². The fourth-order valence-corrected chi connectivity index (χ4v) is 4.54. The van der Waals surface area contributed by atoms with Gasteiger partial charge in [-0.25, -0.2) is 0 Å². The summed E-state index contributed by atoms with van der Waals surface area (Å²) in [7, 11) is -1.81. The zero-order valence-electron chi connectivity index (χ0n) is 15.4. The van der Waals surface area contributed by atoms with Crippen LogP contribution in [0.1, 0.15) is 47.5 Å². The zero-order chi connectivity index (χ0) is 17.3. The van der Waals surface area contributed by atoms with E-state index < -0.39 is 8.32 Å². The molecule has 0 aromatic rings. The van der Waals surface area contributed by atoms with E-state index in [0.29, 0.717) is 0 Å². The molecule has 0 amide bonds. The molecule has 124 valence electrons. The molecule has 2 nitrogen and oxygen atoms in total.